The van der Waals surface area contributed by atoms with Crippen LogP contribution in [0.1, 0.15) is 64.2 Å². The zero-order valence-electron chi connectivity index (χ0n) is 9.65. The molecule has 2 heteroatoms. The summed E-state index contributed by atoms with van der Waals surface area (Å²) < 4.78 is 0. The maximum atomic E-state index is 3.93. The fourth-order valence-electron chi connectivity index (χ4n) is 3.22. The molecule has 2 rings (SSSR count). The highest BCUT2D eigenvalue weighted by molar-refractivity contribution is 6.15. The first kappa shape index (κ1) is 10.5. The van der Waals surface area contributed by atoms with Crippen LogP contribution in [0.5, 0.6) is 0 Å². The molecule has 0 amide bonds. The lowest BCUT2D eigenvalue weighted by atomic mass is 9.66. The summed E-state index contributed by atoms with van der Waals surface area (Å²) in [6, 6.07) is 0.840. The van der Waals surface area contributed by atoms with Gasteiger partial charge < -0.3 is 5.32 Å². The van der Waals surface area contributed by atoms with Crippen molar-refractivity contribution in [2.45, 2.75) is 75.7 Å². The molecule has 0 aromatic carbocycles. The Hall–Kier alpha value is 0.0249. The van der Waals surface area contributed by atoms with Crippen molar-refractivity contribution in [3.63, 3.8) is 0 Å². The van der Waals surface area contributed by atoms with E-state index in [0.717, 1.165) is 6.04 Å². The third kappa shape index (κ3) is 2.76. The van der Waals surface area contributed by atoms with Gasteiger partial charge >= 0.3 is 0 Å². The van der Waals surface area contributed by atoms with Crippen molar-refractivity contribution in [2.24, 2.45) is 0 Å². The van der Waals surface area contributed by atoms with E-state index in [1.165, 1.54) is 64.2 Å². The summed E-state index contributed by atoms with van der Waals surface area (Å²) in [7, 11) is 2.45. The zero-order chi connectivity index (χ0) is 9.86. The standard InChI is InChI=1S/C12H24BN/c13-12(9-5-2-6-10-12)14-11-7-3-1-4-8-11/h11,14H,1-10,13H2. The zero-order valence-corrected chi connectivity index (χ0v) is 9.65. The molecule has 14 heavy (non-hydrogen) atoms. The van der Waals surface area contributed by atoms with Crippen molar-refractivity contribution in [1.82, 2.24) is 5.32 Å². The maximum absolute atomic E-state index is 3.93. The molecule has 80 valence electrons. The molecule has 2 saturated carbocycles. The van der Waals surface area contributed by atoms with Crippen molar-refractivity contribution >= 4 is 7.85 Å². The molecule has 2 aliphatic rings. The highest BCUT2D eigenvalue weighted by Gasteiger charge is 2.29. The van der Waals surface area contributed by atoms with Gasteiger partial charge in [0.1, 0.15) is 7.85 Å². The molecule has 0 bridgehead atoms. The number of nitrogens with one attached hydrogen (secondary N) is 1. The molecular formula is C12H24BN. The average molecular weight is 193 g/mol. The third-order valence-electron chi connectivity index (χ3n) is 4.11. The maximum Gasteiger partial charge on any atom is 0.127 e. The van der Waals surface area contributed by atoms with Crippen LogP contribution in [0.25, 0.3) is 0 Å². The van der Waals surface area contributed by atoms with E-state index in [9.17, 15) is 0 Å². The first-order valence-electron chi connectivity index (χ1n) is 6.56. The fraction of sp³-hybridized carbons (Fsp3) is 1.00. The molecule has 0 heterocycles. The van der Waals surface area contributed by atoms with Crippen molar-refractivity contribution < 1.29 is 0 Å². The van der Waals surface area contributed by atoms with Crippen LogP contribution in [0, 0.1) is 0 Å². The highest BCUT2D eigenvalue weighted by atomic mass is 15.0. The Bertz CT molecular complexity index is 169. The van der Waals surface area contributed by atoms with Gasteiger partial charge in [0.05, 0.1) is 0 Å². The lowest BCUT2D eigenvalue weighted by molar-refractivity contribution is 0.260. The molecule has 1 nitrogen and oxygen atoms in total. The Balaban J connectivity index is 1.81. The van der Waals surface area contributed by atoms with Gasteiger partial charge in [-0.1, -0.05) is 38.5 Å². The normalized spacial score (nSPS) is 28.9. The van der Waals surface area contributed by atoms with Crippen molar-refractivity contribution in [3.05, 3.63) is 0 Å². The van der Waals surface area contributed by atoms with Crippen LogP contribution in [-0.2, 0) is 0 Å². The SMILES string of the molecule is BC1(NC2CCCCC2)CCCCC1. The minimum Gasteiger partial charge on any atom is -0.316 e. The Kier molecular flexibility index (Phi) is 3.54. The van der Waals surface area contributed by atoms with E-state index in [1.54, 1.807) is 0 Å². The average Bonchev–Trinajstić information content (AvgIpc) is 2.19. The number of rotatable bonds is 2. The quantitative estimate of drug-likeness (QED) is 0.663. The van der Waals surface area contributed by atoms with E-state index >= 15 is 0 Å². The molecule has 2 aliphatic carbocycles. The van der Waals surface area contributed by atoms with E-state index < -0.39 is 0 Å². The van der Waals surface area contributed by atoms with Crippen LogP contribution in [0.4, 0.5) is 0 Å². The van der Waals surface area contributed by atoms with E-state index in [4.69, 9.17) is 0 Å². The third-order valence-corrected chi connectivity index (χ3v) is 4.11. The van der Waals surface area contributed by atoms with Gasteiger partial charge in [-0.15, -0.1) is 0 Å². The Morgan fingerprint density at radius 1 is 0.857 bits per heavy atom. The van der Waals surface area contributed by atoms with Gasteiger partial charge in [0.15, 0.2) is 0 Å². The minimum absolute atomic E-state index is 0.486. The summed E-state index contributed by atoms with van der Waals surface area (Å²) in [5.41, 5.74) is 0.486. The topological polar surface area (TPSA) is 12.0 Å². The fourth-order valence-corrected chi connectivity index (χ4v) is 3.22. The van der Waals surface area contributed by atoms with E-state index in [0.29, 0.717) is 5.44 Å². The smallest absolute Gasteiger partial charge is 0.127 e. The molecule has 1 N–H and O–H groups in total. The second-order valence-electron chi connectivity index (χ2n) is 5.60. The van der Waals surface area contributed by atoms with Gasteiger partial charge in [0.25, 0.3) is 0 Å². The summed E-state index contributed by atoms with van der Waals surface area (Å²) >= 11 is 0. The summed E-state index contributed by atoms with van der Waals surface area (Å²) in [5.74, 6) is 0. The van der Waals surface area contributed by atoms with Gasteiger partial charge in [-0.05, 0) is 31.1 Å². The van der Waals surface area contributed by atoms with Crippen molar-refractivity contribution in [3.8, 4) is 0 Å². The first-order valence-corrected chi connectivity index (χ1v) is 6.56. The van der Waals surface area contributed by atoms with Crippen LogP contribution < -0.4 is 5.32 Å². The lowest BCUT2D eigenvalue weighted by Gasteiger charge is -2.39. The van der Waals surface area contributed by atoms with Crippen molar-refractivity contribution in [1.29, 1.82) is 0 Å². The van der Waals surface area contributed by atoms with Gasteiger partial charge in [-0.3, -0.25) is 0 Å². The minimum atomic E-state index is 0.486. The molecule has 0 aromatic heterocycles. The van der Waals surface area contributed by atoms with Gasteiger partial charge in [0, 0.05) is 6.04 Å². The molecular weight excluding hydrogens is 169 g/mol. The van der Waals surface area contributed by atoms with Crippen LogP contribution >= 0.6 is 0 Å². The monoisotopic (exact) mass is 193 g/mol. The van der Waals surface area contributed by atoms with Gasteiger partial charge in [0.2, 0.25) is 0 Å². The largest absolute Gasteiger partial charge is 0.316 e. The van der Waals surface area contributed by atoms with E-state index in [2.05, 4.69) is 13.2 Å². The van der Waals surface area contributed by atoms with Gasteiger partial charge in [-0.2, -0.15) is 0 Å². The Labute approximate surface area is 89.4 Å². The predicted octanol–water partition coefficient (Wildman–Crippen LogP) is 2.20. The van der Waals surface area contributed by atoms with E-state index in [1.807, 2.05) is 0 Å². The molecule has 0 saturated heterocycles. The molecule has 0 aromatic rings. The number of hydrogen-bond donors (Lipinski definition) is 1. The van der Waals surface area contributed by atoms with Crippen LogP contribution in [0.15, 0.2) is 0 Å². The molecule has 0 aliphatic heterocycles. The molecule has 0 radical (unpaired) electrons. The van der Waals surface area contributed by atoms with Crippen LogP contribution in [-0.4, -0.2) is 19.3 Å². The summed E-state index contributed by atoms with van der Waals surface area (Å²) in [6.07, 6.45) is 14.4. The summed E-state index contributed by atoms with van der Waals surface area (Å²) in [6.45, 7) is 0. The molecule has 0 unspecified atom stereocenters. The number of hydrogen-bond acceptors (Lipinski definition) is 1. The molecule has 0 atom stereocenters. The van der Waals surface area contributed by atoms with Crippen molar-refractivity contribution in [2.75, 3.05) is 0 Å². The van der Waals surface area contributed by atoms with Crippen LogP contribution in [0.2, 0.25) is 0 Å². The second-order valence-corrected chi connectivity index (χ2v) is 5.60. The lowest BCUT2D eigenvalue weighted by Crippen LogP contribution is -2.52. The van der Waals surface area contributed by atoms with Crippen LogP contribution in [0.3, 0.4) is 0 Å². The Morgan fingerprint density at radius 3 is 2.07 bits per heavy atom. The predicted molar refractivity (Wildman–Crippen MR) is 64.4 cm³/mol. The first-order chi connectivity index (χ1) is 6.79. The summed E-state index contributed by atoms with van der Waals surface area (Å²) in [5, 5.41) is 3.93. The summed E-state index contributed by atoms with van der Waals surface area (Å²) in [4.78, 5) is 0. The molecule has 0 spiro atoms. The Morgan fingerprint density at radius 2 is 1.43 bits per heavy atom. The van der Waals surface area contributed by atoms with E-state index in [-0.39, 0.29) is 0 Å². The molecule has 2 fully saturated rings. The highest BCUT2D eigenvalue weighted by Crippen LogP contribution is 2.28. The second kappa shape index (κ2) is 4.70. The van der Waals surface area contributed by atoms with Gasteiger partial charge in [-0.25, -0.2) is 0 Å².